The number of carbonyl (C=O) groups excluding carboxylic acids is 2. The van der Waals surface area contributed by atoms with Crippen LogP contribution in [-0.2, 0) is 6.54 Å². The molecule has 0 unspecified atom stereocenters. The average molecular weight is 645 g/mol. The van der Waals surface area contributed by atoms with E-state index in [1.165, 1.54) is 25.1 Å². The van der Waals surface area contributed by atoms with Gasteiger partial charge in [0.1, 0.15) is 11.6 Å². The third kappa shape index (κ3) is 6.21. The van der Waals surface area contributed by atoms with Crippen LogP contribution < -0.4 is 15.0 Å². The van der Waals surface area contributed by atoms with Crippen molar-refractivity contribution < 1.29 is 33.8 Å². The molecule has 1 aliphatic heterocycles. The average Bonchev–Trinajstić information content (AvgIpc) is 3.23. The van der Waals surface area contributed by atoms with Gasteiger partial charge in [-0.15, -0.1) is 0 Å². The lowest BCUT2D eigenvalue weighted by Crippen LogP contribution is -2.31. The number of hydrogen-bond donors (Lipinski definition) is 2. The standard InChI is InChI=1S/C22H21F5N4O3S5/c1-4-34-14-5-10-7-31(21(28)11(10)6-12(14)22(33)29-2)8-13(32)15-17(36-24)16(30(3)9-35-23)19(38-26)20(39-27)18(15)37-25/h5-6,28H,4,7-9H2,1-3H3,(H,29,33). The van der Waals surface area contributed by atoms with Gasteiger partial charge < -0.3 is 19.9 Å². The van der Waals surface area contributed by atoms with Crippen molar-refractivity contribution in [3.63, 3.8) is 0 Å². The van der Waals surface area contributed by atoms with Crippen molar-refractivity contribution in [2.45, 2.75) is 33.1 Å². The second kappa shape index (κ2) is 14.1. The number of carbonyl (C=O) groups is 2. The Balaban J connectivity index is 2.08. The highest BCUT2D eigenvalue weighted by atomic mass is 32.2. The van der Waals surface area contributed by atoms with E-state index >= 15 is 0 Å². The predicted molar refractivity (Wildman–Crippen MR) is 149 cm³/mol. The summed E-state index contributed by atoms with van der Waals surface area (Å²) in [6.45, 7) is 1.50. The molecule has 1 aliphatic rings. The fraction of sp³-hybridized carbons (Fsp3) is 0.318. The maximum atomic E-state index is 14.3. The second-order valence-electron chi connectivity index (χ2n) is 7.93. The Bertz CT molecular complexity index is 1290. The van der Waals surface area contributed by atoms with Gasteiger partial charge in [-0.25, -0.2) is 0 Å². The number of nitrogens with one attached hydrogen (secondary N) is 2. The van der Waals surface area contributed by atoms with E-state index in [9.17, 15) is 29.0 Å². The van der Waals surface area contributed by atoms with Gasteiger partial charge in [0.15, 0.2) is 5.78 Å². The zero-order valence-corrected chi connectivity index (χ0v) is 24.6. The zero-order valence-electron chi connectivity index (χ0n) is 20.5. The molecule has 2 N–H and O–H groups in total. The summed E-state index contributed by atoms with van der Waals surface area (Å²) in [7, 11) is 2.73. The molecule has 2 aromatic rings. The summed E-state index contributed by atoms with van der Waals surface area (Å²) in [5.41, 5.74) is 0.259. The van der Waals surface area contributed by atoms with Gasteiger partial charge in [0, 0.05) is 26.2 Å². The fourth-order valence-corrected chi connectivity index (χ4v) is 6.86. The molecular formula is C22H21F5N4O3S5. The van der Waals surface area contributed by atoms with E-state index in [1.54, 1.807) is 13.0 Å². The normalized spacial score (nSPS) is 12.5. The van der Waals surface area contributed by atoms with Gasteiger partial charge >= 0.3 is 0 Å². The second-order valence-corrected chi connectivity index (χ2v) is 10.7. The monoisotopic (exact) mass is 644 g/mol. The Labute approximate surface area is 243 Å². The Kier molecular flexibility index (Phi) is 11.4. The molecule has 0 saturated heterocycles. The number of halogens is 5. The summed E-state index contributed by atoms with van der Waals surface area (Å²) in [6, 6.07) is 3.05. The zero-order chi connectivity index (χ0) is 28.9. The van der Waals surface area contributed by atoms with Gasteiger partial charge in [0.2, 0.25) is 0 Å². The van der Waals surface area contributed by atoms with Crippen LogP contribution in [0.5, 0.6) is 5.75 Å². The lowest BCUT2D eigenvalue weighted by molar-refractivity contribution is 0.0949. The third-order valence-electron chi connectivity index (χ3n) is 5.75. The molecule has 0 fully saturated rings. The minimum absolute atomic E-state index is 0.0403. The number of nitrogens with zero attached hydrogens (tertiary/aromatic N) is 2. The van der Waals surface area contributed by atoms with E-state index in [2.05, 4.69) is 5.32 Å². The number of Topliss-reactive ketones (excluding diaryl/α,β-unsaturated/α-hetero) is 1. The van der Waals surface area contributed by atoms with Crippen LogP contribution in [0.4, 0.5) is 25.1 Å². The van der Waals surface area contributed by atoms with E-state index in [1.807, 2.05) is 0 Å². The number of anilines is 1. The fourth-order valence-electron chi connectivity index (χ4n) is 4.08. The van der Waals surface area contributed by atoms with Crippen LogP contribution in [0.15, 0.2) is 31.7 Å². The highest BCUT2D eigenvalue weighted by Gasteiger charge is 2.35. The summed E-state index contributed by atoms with van der Waals surface area (Å²) in [5, 5.41) is 11.1. The first-order valence-corrected chi connectivity index (χ1v) is 14.7. The molecule has 7 nitrogen and oxygen atoms in total. The molecule has 1 amide bonds. The van der Waals surface area contributed by atoms with Crippen molar-refractivity contribution >= 4 is 84.0 Å². The largest absolute Gasteiger partial charge is 0.493 e. The number of fused-ring (bicyclic) bond motifs is 1. The van der Waals surface area contributed by atoms with Crippen molar-refractivity contribution in [3.8, 4) is 5.75 Å². The van der Waals surface area contributed by atoms with Gasteiger partial charge in [0.05, 0.1) is 116 Å². The van der Waals surface area contributed by atoms with Crippen LogP contribution in [0.1, 0.15) is 38.8 Å². The van der Waals surface area contributed by atoms with Crippen LogP contribution in [0.25, 0.3) is 0 Å². The quantitative estimate of drug-likeness (QED) is 0.131. The van der Waals surface area contributed by atoms with Crippen LogP contribution in [-0.4, -0.2) is 55.5 Å². The van der Waals surface area contributed by atoms with Gasteiger partial charge in [0.25, 0.3) is 5.91 Å². The Hall–Kier alpha value is -1.95. The molecule has 0 bridgehead atoms. The molecule has 39 heavy (non-hydrogen) atoms. The number of hydrogen-bond acceptors (Lipinski definition) is 10. The molecule has 17 heteroatoms. The lowest BCUT2D eigenvalue weighted by atomic mass is 10.0. The molecule has 0 saturated carbocycles. The summed E-state index contributed by atoms with van der Waals surface area (Å²) in [5.74, 6) is -1.57. The molecule has 1 heterocycles. The smallest absolute Gasteiger partial charge is 0.254 e. The maximum Gasteiger partial charge on any atom is 0.254 e. The molecule has 0 spiro atoms. The van der Waals surface area contributed by atoms with Gasteiger partial charge in [-0.3, -0.25) is 15.0 Å². The first kappa shape index (κ1) is 31.6. The van der Waals surface area contributed by atoms with E-state index in [0.717, 1.165) is 4.90 Å². The minimum atomic E-state index is -0.877. The first-order valence-electron chi connectivity index (χ1n) is 10.9. The van der Waals surface area contributed by atoms with Crippen molar-refractivity contribution in [3.05, 3.63) is 34.4 Å². The van der Waals surface area contributed by atoms with E-state index in [4.69, 9.17) is 10.1 Å². The lowest BCUT2D eigenvalue weighted by Gasteiger charge is -2.26. The van der Waals surface area contributed by atoms with Crippen molar-refractivity contribution in [2.75, 3.05) is 38.0 Å². The summed E-state index contributed by atoms with van der Waals surface area (Å²) in [4.78, 5) is 26.1. The number of ketones is 1. The maximum absolute atomic E-state index is 14.3. The van der Waals surface area contributed by atoms with E-state index < -0.39 is 97.8 Å². The third-order valence-corrected chi connectivity index (χ3v) is 8.72. The highest BCUT2D eigenvalue weighted by molar-refractivity contribution is 7.99. The van der Waals surface area contributed by atoms with Crippen LogP contribution in [0.3, 0.4) is 0 Å². The van der Waals surface area contributed by atoms with Crippen LogP contribution >= 0.6 is 60.7 Å². The number of benzene rings is 2. The Morgan fingerprint density at radius 3 is 2.23 bits per heavy atom. The van der Waals surface area contributed by atoms with E-state index in [-0.39, 0.29) is 48.1 Å². The molecule has 0 aromatic heterocycles. The van der Waals surface area contributed by atoms with Crippen LogP contribution in [0.2, 0.25) is 0 Å². The molecule has 0 radical (unpaired) electrons. The predicted octanol–water partition coefficient (Wildman–Crippen LogP) is 7.39. The molecule has 0 aliphatic carbocycles. The molecule has 2 aromatic carbocycles. The first-order chi connectivity index (χ1) is 18.7. The summed E-state index contributed by atoms with van der Waals surface area (Å²) < 4.78 is 74.9. The molecule has 0 atom stereocenters. The summed E-state index contributed by atoms with van der Waals surface area (Å²) in [6.07, 6.45) is 0. The SMILES string of the molecule is CCOc1cc2c(cc1C(=O)NC)C(=N)N(CC(=O)c1c(SF)c(SF)c(SF)c(N(C)CSF)c1SF)C2. The highest BCUT2D eigenvalue weighted by Crippen LogP contribution is 2.52. The van der Waals surface area contributed by atoms with Gasteiger partial charge in [-0.05, 0) is 24.6 Å². The van der Waals surface area contributed by atoms with Crippen molar-refractivity contribution in [1.82, 2.24) is 10.2 Å². The van der Waals surface area contributed by atoms with Gasteiger partial charge in [-0.1, -0.05) is 0 Å². The number of amides is 1. The van der Waals surface area contributed by atoms with Crippen molar-refractivity contribution in [2.24, 2.45) is 0 Å². The minimum Gasteiger partial charge on any atom is -0.493 e. The number of amidine groups is 1. The van der Waals surface area contributed by atoms with Crippen molar-refractivity contribution in [1.29, 1.82) is 5.41 Å². The molecule has 3 rings (SSSR count). The Morgan fingerprint density at radius 2 is 1.69 bits per heavy atom. The molecule has 212 valence electrons. The number of ether oxygens (including phenoxy) is 1. The molecular weight excluding hydrogens is 624 g/mol. The Morgan fingerprint density at radius 1 is 1.05 bits per heavy atom. The topological polar surface area (TPSA) is 85.7 Å². The number of rotatable bonds is 13. The van der Waals surface area contributed by atoms with Gasteiger partial charge in [-0.2, -0.15) is 19.4 Å². The summed E-state index contributed by atoms with van der Waals surface area (Å²) >= 11 is -2.19. The van der Waals surface area contributed by atoms with Crippen LogP contribution in [0, 0.1) is 5.41 Å². The van der Waals surface area contributed by atoms with E-state index in [0.29, 0.717) is 11.1 Å².